The van der Waals surface area contributed by atoms with E-state index in [0.717, 1.165) is 22.0 Å². The average Bonchev–Trinajstić information content (AvgIpc) is 2.66. The number of carbonyl (C=O) groups is 1. The number of benzene rings is 2. The van der Waals surface area contributed by atoms with Crippen LogP contribution in [0.1, 0.15) is 18.4 Å². The van der Waals surface area contributed by atoms with E-state index in [-0.39, 0.29) is 25.4 Å². The normalized spacial score (nSPS) is 23.0. The zero-order chi connectivity index (χ0) is 19.9. The lowest BCUT2D eigenvalue weighted by Crippen LogP contribution is -2.50. The van der Waals surface area contributed by atoms with Crippen LogP contribution in [0.15, 0.2) is 36.4 Å². The Hall–Kier alpha value is -2.28. The Morgan fingerprint density at radius 2 is 1.93 bits per heavy atom. The van der Waals surface area contributed by atoms with Gasteiger partial charge in [0.1, 0.15) is 0 Å². The summed E-state index contributed by atoms with van der Waals surface area (Å²) < 4.78 is 39.2. The molecule has 0 unspecified atom stereocenters. The van der Waals surface area contributed by atoms with Gasteiger partial charge in [0.05, 0.1) is 18.6 Å². The van der Waals surface area contributed by atoms with Gasteiger partial charge in [-0.25, -0.2) is 0 Å². The maximum Gasteiger partial charge on any atom is 0.393 e. The molecule has 4 nitrogen and oxygen atoms in total. The second-order valence-electron chi connectivity index (χ2n) is 7.75. The van der Waals surface area contributed by atoms with Gasteiger partial charge in [-0.3, -0.25) is 4.79 Å². The lowest BCUT2D eigenvalue weighted by atomic mass is 9.94. The van der Waals surface area contributed by atoms with Crippen LogP contribution in [-0.2, 0) is 11.2 Å². The van der Waals surface area contributed by atoms with E-state index in [2.05, 4.69) is 0 Å². The highest BCUT2D eigenvalue weighted by Crippen LogP contribution is 2.36. The lowest BCUT2D eigenvalue weighted by molar-refractivity contribution is -0.187. The van der Waals surface area contributed by atoms with Gasteiger partial charge in [0.2, 0.25) is 5.91 Å². The maximum atomic E-state index is 13.1. The monoisotopic (exact) mass is 392 g/mol. The molecule has 0 aliphatic carbocycles. The van der Waals surface area contributed by atoms with E-state index in [0.29, 0.717) is 25.9 Å². The minimum atomic E-state index is -4.27. The molecule has 2 aromatic carbocycles. The number of amides is 1. The Bertz CT molecular complexity index is 884. The first-order valence-corrected chi connectivity index (χ1v) is 9.61. The van der Waals surface area contributed by atoms with Crippen LogP contribution in [0.25, 0.3) is 10.8 Å². The number of anilines is 1. The van der Waals surface area contributed by atoms with Crippen molar-refractivity contribution >= 4 is 22.4 Å². The number of likely N-dealkylation sites (tertiary alicyclic amines) is 1. The predicted octanol–water partition coefficient (Wildman–Crippen LogP) is 3.36. The largest absolute Gasteiger partial charge is 0.393 e. The summed E-state index contributed by atoms with van der Waals surface area (Å²) in [7, 11) is 0. The average molecular weight is 392 g/mol. The molecule has 4 rings (SSSR count). The van der Waals surface area contributed by atoms with Crippen molar-refractivity contribution in [3.05, 3.63) is 42.0 Å². The highest BCUT2D eigenvalue weighted by atomic mass is 19.4. The molecule has 1 fully saturated rings. The minimum absolute atomic E-state index is 0.0252. The summed E-state index contributed by atoms with van der Waals surface area (Å²) in [5, 5.41) is 12.3. The summed E-state index contributed by atoms with van der Waals surface area (Å²) in [6, 6.07) is 11.8. The molecule has 2 heterocycles. The van der Waals surface area contributed by atoms with E-state index in [1.807, 2.05) is 41.3 Å². The van der Waals surface area contributed by atoms with E-state index in [1.165, 1.54) is 4.90 Å². The molecule has 1 saturated heterocycles. The molecule has 2 aromatic rings. The second kappa shape index (κ2) is 7.28. The van der Waals surface area contributed by atoms with Gasteiger partial charge in [0.25, 0.3) is 0 Å². The fourth-order valence-electron chi connectivity index (χ4n) is 4.38. The van der Waals surface area contributed by atoms with E-state index in [4.69, 9.17) is 0 Å². The quantitative estimate of drug-likeness (QED) is 0.852. The Morgan fingerprint density at radius 1 is 1.14 bits per heavy atom. The molecule has 0 bridgehead atoms. The number of carbonyl (C=O) groups excluding carboxylic acids is 1. The number of β-amino-alcohol motifs (C(OH)–C–C–N with tert-alkyl or cyclic N) is 1. The van der Waals surface area contributed by atoms with E-state index in [9.17, 15) is 23.1 Å². The zero-order valence-corrected chi connectivity index (χ0v) is 15.5. The fraction of sp³-hybridized carbons (Fsp3) is 0.476. The fourth-order valence-corrected chi connectivity index (χ4v) is 4.38. The summed E-state index contributed by atoms with van der Waals surface area (Å²) in [6.45, 7) is 0.344. The van der Waals surface area contributed by atoms with Gasteiger partial charge in [0.15, 0.2) is 0 Å². The molecule has 0 aromatic heterocycles. The molecular formula is C21H23F3N2O2. The molecular weight excluding hydrogens is 369 g/mol. The third-order valence-corrected chi connectivity index (χ3v) is 5.75. The number of nitrogens with zero attached hydrogens (tertiary/aromatic N) is 2. The van der Waals surface area contributed by atoms with Crippen molar-refractivity contribution in [2.75, 3.05) is 31.1 Å². The molecule has 0 spiro atoms. The third-order valence-electron chi connectivity index (χ3n) is 5.75. The molecule has 150 valence electrons. The first-order chi connectivity index (χ1) is 13.3. The van der Waals surface area contributed by atoms with Gasteiger partial charge in [-0.2, -0.15) is 13.2 Å². The highest BCUT2D eigenvalue weighted by Gasteiger charge is 2.43. The van der Waals surface area contributed by atoms with Crippen molar-refractivity contribution in [2.24, 2.45) is 5.92 Å². The van der Waals surface area contributed by atoms with Gasteiger partial charge in [-0.15, -0.1) is 0 Å². The van der Waals surface area contributed by atoms with Crippen molar-refractivity contribution in [1.29, 1.82) is 0 Å². The van der Waals surface area contributed by atoms with E-state index in [1.54, 1.807) is 0 Å². The van der Waals surface area contributed by atoms with Crippen molar-refractivity contribution < 1.29 is 23.1 Å². The molecule has 1 N–H and O–H groups in total. The van der Waals surface area contributed by atoms with Crippen LogP contribution in [0.3, 0.4) is 0 Å². The maximum absolute atomic E-state index is 13.1. The van der Waals surface area contributed by atoms with Crippen LogP contribution in [0.2, 0.25) is 0 Å². The number of aliphatic hydroxyl groups is 1. The van der Waals surface area contributed by atoms with Crippen LogP contribution < -0.4 is 4.90 Å². The molecule has 2 aliphatic rings. The number of rotatable bonds is 2. The van der Waals surface area contributed by atoms with Crippen molar-refractivity contribution in [1.82, 2.24) is 4.90 Å². The zero-order valence-electron chi connectivity index (χ0n) is 15.5. The molecule has 1 amide bonds. The van der Waals surface area contributed by atoms with Gasteiger partial charge < -0.3 is 14.9 Å². The van der Waals surface area contributed by atoms with E-state index >= 15 is 0 Å². The van der Waals surface area contributed by atoms with Crippen molar-refractivity contribution in [3.8, 4) is 0 Å². The standard InChI is InChI=1S/C21H23F3N2O2/c22-21(23,24)16-5-3-9-25(11-16)19(28)13-26-12-17(27)10-15-8-7-14-4-1-2-6-18(14)20(15)26/h1-2,4,6-8,16-17,27H,3,5,9-13H2/t16-,17-/m1/s1. The molecule has 28 heavy (non-hydrogen) atoms. The van der Waals surface area contributed by atoms with Crippen LogP contribution in [0.4, 0.5) is 18.9 Å². The van der Waals surface area contributed by atoms with Gasteiger partial charge in [0, 0.05) is 37.1 Å². The third kappa shape index (κ3) is 3.68. The Morgan fingerprint density at radius 3 is 2.71 bits per heavy atom. The topological polar surface area (TPSA) is 43.8 Å². The second-order valence-corrected chi connectivity index (χ2v) is 7.75. The number of fused-ring (bicyclic) bond motifs is 3. The van der Waals surface area contributed by atoms with Crippen LogP contribution >= 0.6 is 0 Å². The molecule has 2 atom stereocenters. The highest BCUT2D eigenvalue weighted by molar-refractivity contribution is 5.98. The summed E-state index contributed by atoms with van der Waals surface area (Å²) in [5.41, 5.74) is 1.86. The number of aliphatic hydroxyl groups excluding tert-OH is 1. The number of hydrogen-bond donors (Lipinski definition) is 1. The van der Waals surface area contributed by atoms with Crippen molar-refractivity contribution in [2.45, 2.75) is 31.5 Å². The first-order valence-electron chi connectivity index (χ1n) is 9.61. The van der Waals surface area contributed by atoms with Crippen LogP contribution in [-0.4, -0.2) is 54.4 Å². The van der Waals surface area contributed by atoms with Gasteiger partial charge in [-0.1, -0.05) is 36.4 Å². The van der Waals surface area contributed by atoms with Crippen LogP contribution in [0.5, 0.6) is 0 Å². The number of hydrogen-bond acceptors (Lipinski definition) is 3. The first kappa shape index (κ1) is 19.1. The minimum Gasteiger partial charge on any atom is -0.391 e. The van der Waals surface area contributed by atoms with E-state index < -0.39 is 18.2 Å². The van der Waals surface area contributed by atoms with Gasteiger partial charge in [-0.05, 0) is 23.8 Å². The summed E-state index contributed by atoms with van der Waals surface area (Å²) in [6.07, 6.45) is -3.94. The Kier molecular flexibility index (Phi) is 4.95. The summed E-state index contributed by atoms with van der Waals surface area (Å²) in [4.78, 5) is 16.0. The molecule has 0 saturated carbocycles. The summed E-state index contributed by atoms with van der Waals surface area (Å²) >= 11 is 0. The Labute approximate surface area is 161 Å². The molecule has 0 radical (unpaired) electrons. The SMILES string of the molecule is O=C(CN1C[C@H](O)Cc2ccc3ccccc3c21)N1CCC[C@@H](C(F)(F)F)C1. The predicted molar refractivity (Wildman–Crippen MR) is 101 cm³/mol. The number of halogens is 3. The Balaban J connectivity index is 1.59. The van der Waals surface area contributed by atoms with Crippen molar-refractivity contribution in [3.63, 3.8) is 0 Å². The molecule has 7 heteroatoms. The lowest BCUT2D eigenvalue weighted by Gasteiger charge is -2.38. The molecule has 2 aliphatic heterocycles. The van der Waals surface area contributed by atoms with Gasteiger partial charge >= 0.3 is 6.18 Å². The summed E-state index contributed by atoms with van der Waals surface area (Å²) in [5.74, 6) is -1.77. The number of alkyl halides is 3. The van der Waals surface area contributed by atoms with Crippen LogP contribution in [0, 0.1) is 5.92 Å². The smallest absolute Gasteiger partial charge is 0.391 e. The number of piperidine rings is 1.